The minimum absolute atomic E-state index is 0. The van der Waals surface area contributed by atoms with Crippen molar-refractivity contribution in [2.24, 2.45) is 0 Å². The van der Waals surface area contributed by atoms with Crippen LogP contribution < -0.4 is 5.32 Å². The first kappa shape index (κ1) is 26.6. The number of carbonyl (C=O) groups excluding carboxylic acids is 2. The zero-order chi connectivity index (χ0) is 20.1. The van der Waals surface area contributed by atoms with Crippen LogP contribution in [0.15, 0.2) is 0 Å². The topological polar surface area (TPSA) is 86.6 Å². The van der Waals surface area contributed by atoms with Gasteiger partial charge in [-0.2, -0.15) is 0 Å². The third-order valence-electron chi connectivity index (χ3n) is 5.96. The Morgan fingerprint density at radius 3 is 2.17 bits per heavy atom. The molecule has 0 unspecified atom stereocenters. The molecule has 2 aliphatic rings. The average molecular weight is 464 g/mol. The summed E-state index contributed by atoms with van der Waals surface area (Å²) >= 11 is 0. The molecule has 0 aromatic carbocycles. The second kappa shape index (κ2) is 12.4. The van der Waals surface area contributed by atoms with Crippen LogP contribution in [0.2, 0.25) is 0 Å². The van der Waals surface area contributed by atoms with Gasteiger partial charge in [-0.1, -0.05) is 19.1 Å². The van der Waals surface area contributed by atoms with E-state index in [-0.39, 0.29) is 36.6 Å². The Labute approximate surface area is 191 Å². The highest BCUT2D eigenvalue weighted by molar-refractivity contribution is 5.93. The normalized spacial score (nSPS) is 17.5. The quantitative estimate of drug-likeness (QED) is 0.676. The fraction of sp³-hybridized carbons (Fsp3) is 0.789. The van der Waals surface area contributed by atoms with E-state index in [9.17, 15) is 9.59 Å². The Bertz CT molecular complexity index is 682. The molecule has 30 heavy (non-hydrogen) atoms. The zero-order valence-electron chi connectivity index (χ0n) is 18.2. The lowest BCUT2D eigenvalue weighted by molar-refractivity contribution is -0.133. The molecular formula is C19H35Cl2N7O2. The molecule has 0 bridgehead atoms. The molecule has 0 saturated carbocycles. The van der Waals surface area contributed by atoms with Crippen LogP contribution in [0, 0.1) is 6.92 Å². The predicted octanol–water partition coefficient (Wildman–Crippen LogP) is 0.981. The lowest BCUT2D eigenvalue weighted by atomic mass is 10.1. The van der Waals surface area contributed by atoms with Gasteiger partial charge in [0.05, 0.1) is 18.3 Å². The van der Waals surface area contributed by atoms with Crippen molar-refractivity contribution in [3.05, 3.63) is 11.4 Å². The number of amides is 2. The monoisotopic (exact) mass is 463 g/mol. The summed E-state index contributed by atoms with van der Waals surface area (Å²) in [4.78, 5) is 31.2. The highest BCUT2D eigenvalue weighted by atomic mass is 35.5. The number of rotatable bonds is 6. The van der Waals surface area contributed by atoms with Gasteiger partial charge in [-0.25, -0.2) is 4.68 Å². The van der Waals surface area contributed by atoms with Gasteiger partial charge in [0.25, 0.3) is 5.91 Å². The van der Waals surface area contributed by atoms with Crippen LogP contribution in [-0.2, 0) is 4.79 Å². The molecule has 1 aromatic heterocycles. The van der Waals surface area contributed by atoms with Crippen LogP contribution in [0.3, 0.4) is 0 Å². The van der Waals surface area contributed by atoms with Crippen LogP contribution >= 0.6 is 24.8 Å². The standard InChI is InChI=1S/C19H33N7O2.2ClH/c1-4-23(5-2)14-17(27)24-10-12-25(13-11-24)19(28)18-15(3)26(22-21-18)16-6-8-20-9-7-16;;/h16,20H,4-14H2,1-3H3;2*1H. The summed E-state index contributed by atoms with van der Waals surface area (Å²) in [6, 6.07) is 0.310. The Morgan fingerprint density at radius 2 is 1.60 bits per heavy atom. The van der Waals surface area contributed by atoms with E-state index in [0.29, 0.717) is 44.5 Å². The van der Waals surface area contributed by atoms with Gasteiger partial charge in [-0.05, 0) is 45.9 Å². The van der Waals surface area contributed by atoms with E-state index in [1.54, 1.807) is 4.90 Å². The molecule has 1 aromatic rings. The van der Waals surface area contributed by atoms with E-state index in [2.05, 4.69) is 34.4 Å². The van der Waals surface area contributed by atoms with Gasteiger partial charge in [-0.3, -0.25) is 14.5 Å². The third-order valence-corrected chi connectivity index (χ3v) is 5.96. The largest absolute Gasteiger partial charge is 0.338 e. The lowest BCUT2D eigenvalue weighted by Gasteiger charge is -2.35. The minimum atomic E-state index is -0.0754. The first-order chi connectivity index (χ1) is 13.5. The van der Waals surface area contributed by atoms with Gasteiger partial charge in [0.2, 0.25) is 5.91 Å². The lowest BCUT2D eigenvalue weighted by Crippen LogP contribution is -2.52. The van der Waals surface area contributed by atoms with E-state index in [0.717, 1.165) is 44.7 Å². The zero-order valence-corrected chi connectivity index (χ0v) is 19.8. The fourth-order valence-electron chi connectivity index (χ4n) is 3.98. The van der Waals surface area contributed by atoms with Crippen LogP contribution in [0.1, 0.15) is 48.9 Å². The van der Waals surface area contributed by atoms with Gasteiger partial charge in [0.1, 0.15) is 0 Å². The summed E-state index contributed by atoms with van der Waals surface area (Å²) in [5, 5.41) is 11.8. The molecule has 2 aliphatic heterocycles. The van der Waals surface area contributed by atoms with Gasteiger partial charge < -0.3 is 15.1 Å². The maximum atomic E-state index is 12.9. The Hall–Kier alpha value is -1.42. The van der Waals surface area contributed by atoms with Crippen LogP contribution in [0.25, 0.3) is 0 Å². The highest BCUT2D eigenvalue weighted by Crippen LogP contribution is 2.21. The van der Waals surface area contributed by atoms with Gasteiger partial charge >= 0.3 is 0 Å². The van der Waals surface area contributed by atoms with Gasteiger partial charge in [0.15, 0.2) is 5.69 Å². The summed E-state index contributed by atoms with van der Waals surface area (Å²) in [6.45, 7) is 12.4. The highest BCUT2D eigenvalue weighted by Gasteiger charge is 2.29. The summed E-state index contributed by atoms with van der Waals surface area (Å²) in [7, 11) is 0. The summed E-state index contributed by atoms with van der Waals surface area (Å²) < 4.78 is 1.91. The number of hydrogen-bond acceptors (Lipinski definition) is 6. The fourth-order valence-corrected chi connectivity index (χ4v) is 3.98. The van der Waals surface area contributed by atoms with E-state index < -0.39 is 0 Å². The van der Waals surface area contributed by atoms with Crippen molar-refractivity contribution < 1.29 is 9.59 Å². The number of nitrogens with one attached hydrogen (secondary N) is 1. The molecule has 0 atom stereocenters. The Kier molecular flexibility index (Phi) is 11.0. The second-order valence-electron chi connectivity index (χ2n) is 7.58. The molecule has 2 fully saturated rings. The van der Waals surface area contributed by atoms with E-state index >= 15 is 0 Å². The number of likely N-dealkylation sites (N-methyl/N-ethyl adjacent to an activating group) is 1. The van der Waals surface area contributed by atoms with Crippen LogP contribution in [0.5, 0.6) is 0 Å². The van der Waals surface area contributed by atoms with Gasteiger partial charge in [0, 0.05) is 26.2 Å². The van der Waals surface area contributed by atoms with Crippen molar-refractivity contribution in [2.45, 2.75) is 39.7 Å². The van der Waals surface area contributed by atoms with Crippen LogP contribution in [0.4, 0.5) is 0 Å². The van der Waals surface area contributed by atoms with Crippen molar-refractivity contribution in [1.29, 1.82) is 0 Å². The van der Waals surface area contributed by atoms with E-state index in [1.807, 2.05) is 16.5 Å². The molecule has 2 saturated heterocycles. The van der Waals surface area contributed by atoms with E-state index in [1.165, 1.54) is 0 Å². The molecule has 3 rings (SSSR count). The molecule has 2 amide bonds. The second-order valence-corrected chi connectivity index (χ2v) is 7.58. The number of piperidine rings is 1. The number of nitrogens with zero attached hydrogens (tertiary/aromatic N) is 6. The Balaban J connectivity index is 0.00000225. The molecule has 172 valence electrons. The van der Waals surface area contributed by atoms with E-state index in [4.69, 9.17) is 0 Å². The molecule has 3 heterocycles. The predicted molar refractivity (Wildman–Crippen MR) is 121 cm³/mol. The first-order valence-corrected chi connectivity index (χ1v) is 10.5. The smallest absolute Gasteiger partial charge is 0.276 e. The summed E-state index contributed by atoms with van der Waals surface area (Å²) in [6.07, 6.45) is 2.01. The van der Waals surface area contributed by atoms with Gasteiger partial charge in [-0.15, -0.1) is 29.9 Å². The first-order valence-electron chi connectivity index (χ1n) is 10.5. The Morgan fingerprint density at radius 1 is 1.03 bits per heavy atom. The molecule has 0 spiro atoms. The number of aromatic nitrogens is 3. The number of hydrogen-bond donors (Lipinski definition) is 1. The van der Waals surface area contributed by atoms with Crippen LogP contribution in [-0.4, -0.2) is 100 Å². The number of piperazine rings is 1. The molecule has 0 aliphatic carbocycles. The molecule has 1 N–H and O–H groups in total. The number of halogens is 2. The summed E-state index contributed by atoms with van der Waals surface area (Å²) in [5.41, 5.74) is 1.29. The molecular weight excluding hydrogens is 429 g/mol. The molecule has 11 heteroatoms. The van der Waals surface area contributed by atoms with Crippen molar-refractivity contribution in [1.82, 2.24) is 35.0 Å². The summed E-state index contributed by atoms with van der Waals surface area (Å²) in [5.74, 6) is 0.0670. The SMILES string of the molecule is CCN(CC)CC(=O)N1CCN(C(=O)c2nnn(C3CCNCC3)c2C)CC1.Cl.Cl. The molecule has 9 nitrogen and oxygen atoms in total. The maximum absolute atomic E-state index is 12.9. The maximum Gasteiger partial charge on any atom is 0.276 e. The average Bonchev–Trinajstić information content (AvgIpc) is 3.13. The third kappa shape index (κ3) is 6.06. The minimum Gasteiger partial charge on any atom is -0.338 e. The van der Waals surface area contributed by atoms with Crippen molar-refractivity contribution in [3.8, 4) is 0 Å². The van der Waals surface area contributed by atoms with Crippen molar-refractivity contribution in [3.63, 3.8) is 0 Å². The van der Waals surface area contributed by atoms with Crippen molar-refractivity contribution in [2.75, 3.05) is 58.9 Å². The van der Waals surface area contributed by atoms with Crippen molar-refractivity contribution >= 4 is 36.6 Å². The number of carbonyl (C=O) groups is 2. The molecule has 0 radical (unpaired) electrons.